The van der Waals surface area contributed by atoms with Gasteiger partial charge in [-0.1, -0.05) is 0 Å². The zero-order valence-electron chi connectivity index (χ0n) is 14.4. The van der Waals surface area contributed by atoms with Crippen LogP contribution in [0.5, 0.6) is 5.75 Å². The summed E-state index contributed by atoms with van der Waals surface area (Å²) >= 11 is 1.70. The number of hydrogen-bond donors (Lipinski definition) is 1. The van der Waals surface area contributed by atoms with Gasteiger partial charge in [0.2, 0.25) is 5.91 Å². The number of aryl methyl sites for hydroxylation is 1. The Balaban J connectivity index is 1.92. The van der Waals surface area contributed by atoms with Gasteiger partial charge in [-0.15, -0.1) is 11.3 Å². The largest absolute Gasteiger partial charge is 0.495 e. The zero-order chi connectivity index (χ0) is 18.4. The van der Waals surface area contributed by atoms with Gasteiger partial charge in [-0.05, 0) is 37.0 Å². The van der Waals surface area contributed by atoms with Crippen molar-refractivity contribution in [3.63, 3.8) is 0 Å². The molecule has 0 saturated heterocycles. The SMILES string of the molecule is COc1ccc([N+](=O)[O-])cc1NC(=O)CCN(C)Cc1sccc1C. The minimum Gasteiger partial charge on any atom is -0.495 e. The highest BCUT2D eigenvalue weighted by Crippen LogP contribution is 2.29. The molecule has 0 aliphatic rings. The molecule has 0 atom stereocenters. The van der Waals surface area contributed by atoms with Crippen molar-refractivity contribution in [2.24, 2.45) is 0 Å². The van der Waals surface area contributed by atoms with Crippen LogP contribution in [0.3, 0.4) is 0 Å². The lowest BCUT2D eigenvalue weighted by atomic mass is 10.2. The van der Waals surface area contributed by atoms with Crippen LogP contribution >= 0.6 is 11.3 Å². The Hall–Kier alpha value is -2.45. The first-order valence-corrected chi connectivity index (χ1v) is 8.62. The van der Waals surface area contributed by atoms with Gasteiger partial charge in [-0.3, -0.25) is 14.9 Å². The molecule has 0 spiro atoms. The third kappa shape index (κ3) is 5.27. The molecule has 0 aliphatic heterocycles. The summed E-state index contributed by atoms with van der Waals surface area (Å²) in [6.07, 6.45) is 0.284. The van der Waals surface area contributed by atoms with E-state index in [2.05, 4.69) is 28.6 Å². The first-order valence-electron chi connectivity index (χ1n) is 7.74. The Kier molecular flexibility index (Phi) is 6.49. The smallest absolute Gasteiger partial charge is 0.271 e. The van der Waals surface area contributed by atoms with Gasteiger partial charge in [0.1, 0.15) is 5.75 Å². The zero-order valence-corrected chi connectivity index (χ0v) is 15.3. The van der Waals surface area contributed by atoms with Crippen molar-refractivity contribution in [2.75, 3.05) is 26.0 Å². The van der Waals surface area contributed by atoms with E-state index in [0.29, 0.717) is 18.0 Å². The summed E-state index contributed by atoms with van der Waals surface area (Å²) in [4.78, 5) is 25.9. The van der Waals surface area contributed by atoms with E-state index in [0.717, 1.165) is 6.54 Å². The third-order valence-electron chi connectivity index (χ3n) is 3.77. The van der Waals surface area contributed by atoms with Crippen LogP contribution in [-0.4, -0.2) is 36.4 Å². The first kappa shape index (κ1) is 18.9. The van der Waals surface area contributed by atoms with Gasteiger partial charge in [-0.2, -0.15) is 0 Å². The fourth-order valence-corrected chi connectivity index (χ4v) is 3.29. The van der Waals surface area contributed by atoms with Gasteiger partial charge >= 0.3 is 0 Å². The van der Waals surface area contributed by atoms with Gasteiger partial charge in [0.05, 0.1) is 17.7 Å². The number of thiophene rings is 1. The molecular formula is C17H21N3O4S. The molecule has 2 rings (SSSR count). The highest BCUT2D eigenvalue weighted by atomic mass is 32.1. The number of nitro groups is 1. The highest BCUT2D eigenvalue weighted by molar-refractivity contribution is 7.10. The van der Waals surface area contributed by atoms with Gasteiger partial charge in [0, 0.05) is 36.5 Å². The van der Waals surface area contributed by atoms with Gasteiger partial charge in [0.25, 0.3) is 5.69 Å². The maximum Gasteiger partial charge on any atom is 0.271 e. The molecule has 25 heavy (non-hydrogen) atoms. The van der Waals surface area contributed by atoms with Crippen LogP contribution in [-0.2, 0) is 11.3 Å². The predicted molar refractivity (Wildman–Crippen MR) is 98.3 cm³/mol. The fourth-order valence-electron chi connectivity index (χ4n) is 2.30. The number of carbonyl (C=O) groups is 1. The number of benzene rings is 1. The summed E-state index contributed by atoms with van der Waals surface area (Å²) in [7, 11) is 3.41. The lowest BCUT2D eigenvalue weighted by Crippen LogP contribution is -2.24. The molecule has 0 aliphatic carbocycles. The molecule has 0 radical (unpaired) electrons. The lowest BCUT2D eigenvalue weighted by molar-refractivity contribution is -0.384. The van der Waals surface area contributed by atoms with Crippen LogP contribution in [0.25, 0.3) is 0 Å². The van der Waals surface area contributed by atoms with E-state index in [-0.39, 0.29) is 18.0 Å². The van der Waals surface area contributed by atoms with Crippen LogP contribution in [0, 0.1) is 17.0 Å². The second-order valence-electron chi connectivity index (χ2n) is 5.70. The number of amides is 1. The summed E-state index contributed by atoms with van der Waals surface area (Å²) in [5.74, 6) is 0.176. The minimum atomic E-state index is -0.508. The van der Waals surface area contributed by atoms with E-state index >= 15 is 0 Å². The van der Waals surface area contributed by atoms with E-state index in [1.807, 2.05) is 7.05 Å². The molecule has 1 aromatic carbocycles. The Morgan fingerprint density at radius 1 is 1.40 bits per heavy atom. The van der Waals surface area contributed by atoms with Crippen molar-refractivity contribution in [3.05, 3.63) is 50.2 Å². The Morgan fingerprint density at radius 3 is 2.76 bits per heavy atom. The third-order valence-corrected chi connectivity index (χ3v) is 4.78. The van der Waals surface area contributed by atoms with E-state index < -0.39 is 4.92 Å². The highest BCUT2D eigenvalue weighted by Gasteiger charge is 2.14. The van der Waals surface area contributed by atoms with Crippen molar-refractivity contribution in [1.82, 2.24) is 4.90 Å². The maximum absolute atomic E-state index is 12.2. The molecule has 134 valence electrons. The van der Waals surface area contributed by atoms with Crippen molar-refractivity contribution >= 4 is 28.6 Å². The number of carbonyl (C=O) groups excluding carboxylic acids is 1. The Morgan fingerprint density at radius 2 is 2.16 bits per heavy atom. The lowest BCUT2D eigenvalue weighted by Gasteiger charge is -2.16. The topological polar surface area (TPSA) is 84.7 Å². The summed E-state index contributed by atoms with van der Waals surface area (Å²) in [5, 5.41) is 15.6. The van der Waals surface area contributed by atoms with Crippen molar-refractivity contribution in [1.29, 1.82) is 0 Å². The van der Waals surface area contributed by atoms with Crippen LogP contribution in [0.2, 0.25) is 0 Å². The molecule has 7 nitrogen and oxygen atoms in total. The number of nitrogens with one attached hydrogen (secondary N) is 1. The van der Waals surface area contributed by atoms with Crippen molar-refractivity contribution in [2.45, 2.75) is 19.9 Å². The molecule has 1 heterocycles. The normalized spacial score (nSPS) is 10.7. The maximum atomic E-state index is 12.2. The van der Waals surface area contributed by atoms with Crippen LogP contribution < -0.4 is 10.1 Å². The van der Waals surface area contributed by atoms with Crippen molar-refractivity contribution < 1.29 is 14.5 Å². The molecule has 1 amide bonds. The number of ether oxygens (including phenoxy) is 1. The molecule has 0 fully saturated rings. The van der Waals surface area contributed by atoms with Crippen molar-refractivity contribution in [3.8, 4) is 5.75 Å². The summed E-state index contributed by atoms with van der Waals surface area (Å²) < 4.78 is 5.14. The number of non-ortho nitro benzene ring substituents is 1. The molecule has 1 N–H and O–H groups in total. The first-order chi connectivity index (χ1) is 11.9. The monoisotopic (exact) mass is 363 g/mol. The quantitative estimate of drug-likeness (QED) is 0.574. The standard InChI is InChI=1S/C17H21N3O4S/c1-12-7-9-25-16(12)11-19(2)8-6-17(21)18-14-10-13(20(22)23)4-5-15(14)24-3/h4-5,7,9-10H,6,8,11H2,1-3H3,(H,18,21). The number of hydrogen-bond acceptors (Lipinski definition) is 6. The molecular weight excluding hydrogens is 342 g/mol. The van der Waals surface area contributed by atoms with Crippen LogP contribution in [0.15, 0.2) is 29.6 Å². The Bertz CT molecular complexity index is 760. The van der Waals surface area contributed by atoms with E-state index in [1.165, 1.54) is 35.7 Å². The number of anilines is 1. The van der Waals surface area contributed by atoms with Gasteiger partial charge in [0.15, 0.2) is 0 Å². The number of nitrogens with zero attached hydrogens (tertiary/aromatic N) is 2. The predicted octanol–water partition coefficient (Wildman–Crippen LogP) is 3.43. The molecule has 0 saturated carbocycles. The van der Waals surface area contributed by atoms with Gasteiger partial charge < -0.3 is 15.0 Å². The average molecular weight is 363 g/mol. The molecule has 0 bridgehead atoms. The van der Waals surface area contributed by atoms with E-state index in [4.69, 9.17) is 4.74 Å². The Labute approximate surface area is 150 Å². The van der Waals surface area contributed by atoms with E-state index in [1.54, 1.807) is 11.3 Å². The number of rotatable bonds is 8. The molecule has 1 aromatic heterocycles. The number of nitro benzene ring substituents is 1. The molecule has 8 heteroatoms. The summed E-state index contributed by atoms with van der Waals surface area (Å²) in [6, 6.07) is 6.19. The minimum absolute atomic E-state index is 0.0959. The molecule has 0 unspecified atom stereocenters. The van der Waals surface area contributed by atoms with E-state index in [9.17, 15) is 14.9 Å². The molecule has 2 aromatic rings. The second-order valence-corrected chi connectivity index (χ2v) is 6.71. The van der Waals surface area contributed by atoms with Crippen LogP contribution in [0.1, 0.15) is 16.9 Å². The fraction of sp³-hybridized carbons (Fsp3) is 0.353. The summed E-state index contributed by atoms with van der Waals surface area (Å²) in [5.41, 5.74) is 1.46. The summed E-state index contributed by atoms with van der Waals surface area (Å²) in [6.45, 7) is 3.44. The van der Waals surface area contributed by atoms with Crippen LogP contribution in [0.4, 0.5) is 11.4 Å². The number of methoxy groups -OCH3 is 1. The van der Waals surface area contributed by atoms with Gasteiger partial charge in [-0.25, -0.2) is 0 Å². The average Bonchev–Trinajstić information content (AvgIpc) is 2.97. The second kappa shape index (κ2) is 8.59.